The van der Waals surface area contributed by atoms with Crippen LogP contribution in [0.5, 0.6) is 0 Å². The number of rotatable bonds is 5. The van der Waals surface area contributed by atoms with Crippen molar-refractivity contribution in [3.8, 4) is 0 Å². The summed E-state index contributed by atoms with van der Waals surface area (Å²) in [6, 6.07) is 0.447. The molecule has 1 unspecified atom stereocenters. The lowest BCUT2D eigenvalue weighted by Gasteiger charge is -2.49. The van der Waals surface area contributed by atoms with Gasteiger partial charge in [0.1, 0.15) is 0 Å². The monoisotopic (exact) mass is 255 g/mol. The summed E-state index contributed by atoms with van der Waals surface area (Å²) < 4.78 is 6.05. The lowest BCUT2D eigenvalue weighted by Crippen LogP contribution is -2.59. The molecule has 1 rings (SSSR count). The highest BCUT2D eigenvalue weighted by Gasteiger charge is 2.46. The highest BCUT2D eigenvalue weighted by molar-refractivity contribution is 5.01. The van der Waals surface area contributed by atoms with E-state index in [4.69, 9.17) is 4.74 Å². The number of hydrogen-bond donors (Lipinski definition) is 1. The van der Waals surface area contributed by atoms with Gasteiger partial charge in [0.05, 0.1) is 5.60 Å². The van der Waals surface area contributed by atoms with Crippen LogP contribution in [0.1, 0.15) is 66.7 Å². The molecule has 108 valence electrons. The molecule has 1 saturated carbocycles. The Morgan fingerprint density at radius 2 is 1.83 bits per heavy atom. The average molecular weight is 255 g/mol. The molecular weight excluding hydrogens is 222 g/mol. The van der Waals surface area contributed by atoms with Crippen molar-refractivity contribution < 1.29 is 4.74 Å². The average Bonchev–Trinajstić information content (AvgIpc) is 2.31. The summed E-state index contributed by atoms with van der Waals surface area (Å²) in [5.74, 6) is 0.861. The van der Waals surface area contributed by atoms with Crippen LogP contribution in [0.4, 0.5) is 0 Å². The van der Waals surface area contributed by atoms with Crippen molar-refractivity contribution in [2.75, 3.05) is 13.7 Å². The molecular formula is C16H33NO. The first kappa shape index (κ1) is 16.0. The molecule has 0 bridgehead atoms. The molecule has 0 aromatic carbocycles. The van der Waals surface area contributed by atoms with Gasteiger partial charge in [-0.3, -0.25) is 0 Å². The van der Waals surface area contributed by atoms with E-state index in [9.17, 15) is 0 Å². The Bertz CT molecular complexity index is 236. The third-order valence-corrected chi connectivity index (χ3v) is 4.52. The van der Waals surface area contributed by atoms with Gasteiger partial charge in [0, 0.05) is 13.2 Å². The van der Waals surface area contributed by atoms with Crippen LogP contribution < -0.4 is 5.32 Å². The number of nitrogens with one attached hydrogen (secondary N) is 1. The summed E-state index contributed by atoms with van der Waals surface area (Å²) in [5, 5.41) is 3.76. The zero-order valence-electron chi connectivity index (χ0n) is 13.3. The first-order chi connectivity index (χ1) is 8.35. The minimum Gasteiger partial charge on any atom is -0.377 e. The summed E-state index contributed by atoms with van der Waals surface area (Å²) in [5.41, 5.74) is 0.283. The van der Waals surface area contributed by atoms with E-state index in [2.05, 4.69) is 39.9 Å². The van der Waals surface area contributed by atoms with Crippen LogP contribution in [0.25, 0.3) is 0 Å². The molecule has 0 heterocycles. The van der Waals surface area contributed by atoms with Crippen molar-refractivity contribution in [2.45, 2.75) is 78.4 Å². The molecule has 0 spiro atoms. The molecule has 1 fully saturated rings. The first-order valence-electron chi connectivity index (χ1n) is 7.64. The molecule has 0 aromatic rings. The molecule has 2 heteroatoms. The minimum atomic E-state index is 0.0416. The van der Waals surface area contributed by atoms with Crippen LogP contribution in [0.2, 0.25) is 0 Å². The van der Waals surface area contributed by atoms with Crippen molar-refractivity contribution in [2.24, 2.45) is 11.3 Å². The molecule has 2 nitrogen and oxygen atoms in total. The summed E-state index contributed by atoms with van der Waals surface area (Å²) in [7, 11) is 1.91. The Balaban J connectivity index is 2.85. The molecule has 1 N–H and O–H groups in total. The van der Waals surface area contributed by atoms with E-state index in [0.29, 0.717) is 6.04 Å². The van der Waals surface area contributed by atoms with Gasteiger partial charge in [-0.2, -0.15) is 0 Å². The Labute approximate surface area is 114 Å². The molecule has 1 atom stereocenters. The topological polar surface area (TPSA) is 21.3 Å². The van der Waals surface area contributed by atoms with E-state index < -0.39 is 0 Å². The SMILES string of the molecule is CCCNC(C(C)(C)C)C1(OC)CCC(C)CC1. The third-order valence-electron chi connectivity index (χ3n) is 4.52. The predicted octanol–water partition coefficient (Wildman–Crippen LogP) is 4.00. The van der Waals surface area contributed by atoms with Crippen molar-refractivity contribution in [3.05, 3.63) is 0 Å². The van der Waals surface area contributed by atoms with Gasteiger partial charge >= 0.3 is 0 Å². The number of hydrogen-bond acceptors (Lipinski definition) is 2. The highest BCUT2D eigenvalue weighted by Crippen LogP contribution is 2.42. The molecule has 1 aliphatic carbocycles. The second-order valence-electron chi connectivity index (χ2n) is 7.20. The standard InChI is InChI=1S/C16H33NO/c1-7-12-17-14(15(3,4)5)16(18-6)10-8-13(2)9-11-16/h13-14,17H,7-12H2,1-6H3. The van der Waals surface area contributed by atoms with Crippen molar-refractivity contribution in [3.63, 3.8) is 0 Å². The number of methoxy groups -OCH3 is 1. The lowest BCUT2D eigenvalue weighted by atomic mass is 9.67. The van der Waals surface area contributed by atoms with Gasteiger partial charge in [-0.15, -0.1) is 0 Å². The fourth-order valence-corrected chi connectivity index (χ4v) is 3.43. The zero-order valence-corrected chi connectivity index (χ0v) is 13.3. The highest BCUT2D eigenvalue weighted by atomic mass is 16.5. The van der Waals surface area contributed by atoms with Crippen molar-refractivity contribution in [1.82, 2.24) is 5.32 Å². The van der Waals surface area contributed by atoms with E-state index in [0.717, 1.165) is 12.5 Å². The van der Waals surface area contributed by atoms with Gasteiger partial charge in [-0.25, -0.2) is 0 Å². The van der Waals surface area contributed by atoms with Gasteiger partial charge in [-0.05, 0) is 50.0 Å². The van der Waals surface area contributed by atoms with Gasteiger partial charge in [-0.1, -0.05) is 34.6 Å². The van der Waals surface area contributed by atoms with Crippen LogP contribution in [-0.4, -0.2) is 25.3 Å². The van der Waals surface area contributed by atoms with E-state index in [1.807, 2.05) is 7.11 Å². The largest absolute Gasteiger partial charge is 0.377 e. The van der Waals surface area contributed by atoms with E-state index >= 15 is 0 Å². The second kappa shape index (κ2) is 6.38. The van der Waals surface area contributed by atoms with E-state index in [1.165, 1.54) is 32.1 Å². The molecule has 0 amide bonds. The first-order valence-corrected chi connectivity index (χ1v) is 7.64. The maximum absolute atomic E-state index is 6.05. The van der Waals surface area contributed by atoms with E-state index in [1.54, 1.807) is 0 Å². The van der Waals surface area contributed by atoms with Crippen molar-refractivity contribution in [1.29, 1.82) is 0 Å². The van der Waals surface area contributed by atoms with Gasteiger partial charge in [0.25, 0.3) is 0 Å². The Morgan fingerprint density at radius 1 is 1.28 bits per heavy atom. The quantitative estimate of drug-likeness (QED) is 0.802. The van der Waals surface area contributed by atoms with Gasteiger partial charge in [0.2, 0.25) is 0 Å². The maximum atomic E-state index is 6.05. The van der Waals surface area contributed by atoms with Crippen LogP contribution in [-0.2, 0) is 4.74 Å². The second-order valence-corrected chi connectivity index (χ2v) is 7.20. The minimum absolute atomic E-state index is 0.0416. The summed E-state index contributed by atoms with van der Waals surface area (Å²) >= 11 is 0. The van der Waals surface area contributed by atoms with Crippen LogP contribution in [0, 0.1) is 11.3 Å². The molecule has 1 aliphatic rings. The Kier molecular flexibility index (Phi) is 5.67. The molecule has 0 saturated heterocycles. The summed E-state index contributed by atoms with van der Waals surface area (Å²) in [6.07, 6.45) is 6.18. The zero-order chi connectivity index (χ0) is 13.8. The maximum Gasteiger partial charge on any atom is 0.0836 e. The number of ether oxygens (including phenoxy) is 1. The lowest BCUT2D eigenvalue weighted by molar-refractivity contribution is -0.0993. The fourth-order valence-electron chi connectivity index (χ4n) is 3.43. The Morgan fingerprint density at radius 3 is 2.22 bits per heavy atom. The van der Waals surface area contributed by atoms with Crippen molar-refractivity contribution >= 4 is 0 Å². The predicted molar refractivity (Wildman–Crippen MR) is 78.9 cm³/mol. The Hall–Kier alpha value is -0.0800. The summed E-state index contributed by atoms with van der Waals surface area (Å²) in [4.78, 5) is 0. The van der Waals surface area contributed by atoms with Crippen LogP contribution >= 0.6 is 0 Å². The summed E-state index contributed by atoms with van der Waals surface area (Å²) in [6.45, 7) is 12.7. The molecule has 18 heavy (non-hydrogen) atoms. The molecule has 0 radical (unpaired) electrons. The van der Waals surface area contributed by atoms with Gasteiger partial charge in [0.15, 0.2) is 0 Å². The normalized spacial score (nSPS) is 31.3. The molecule has 0 aliphatic heterocycles. The van der Waals surface area contributed by atoms with Gasteiger partial charge < -0.3 is 10.1 Å². The fraction of sp³-hybridized carbons (Fsp3) is 1.00. The third kappa shape index (κ3) is 3.71. The van der Waals surface area contributed by atoms with E-state index in [-0.39, 0.29) is 11.0 Å². The van der Waals surface area contributed by atoms with Crippen LogP contribution in [0.15, 0.2) is 0 Å². The van der Waals surface area contributed by atoms with Crippen LogP contribution in [0.3, 0.4) is 0 Å². The smallest absolute Gasteiger partial charge is 0.0836 e. The molecule has 0 aromatic heterocycles.